The first-order chi connectivity index (χ1) is 13.5. The van der Waals surface area contributed by atoms with Gasteiger partial charge in [0.2, 0.25) is 5.88 Å². The smallest absolute Gasteiger partial charge is 0.270 e. The van der Waals surface area contributed by atoms with Gasteiger partial charge in [0.25, 0.3) is 5.91 Å². The lowest BCUT2D eigenvalue weighted by Crippen LogP contribution is -2.52. The van der Waals surface area contributed by atoms with Gasteiger partial charge in [-0.1, -0.05) is 13.8 Å². The molecule has 3 rings (SSSR count). The number of alkyl halides is 1. The zero-order valence-corrected chi connectivity index (χ0v) is 17.2. The molecule has 2 aliphatic rings. The maximum absolute atomic E-state index is 12.7. The molecule has 7 heteroatoms. The molecule has 6 nitrogen and oxygen atoms in total. The topological polar surface area (TPSA) is 63.7 Å². The summed E-state index contributed by atoms with van der Waals surface area (Å²) < 4.78 is 23.7. The summed E-state index contributed by atoms with van der Waals surface area (Å²) in [5, 5.41) is 3.09. The molecule has 1 aromatic rings. The fraction of sp³-hybridized carbons (Fsp3) is 0.714. The number of nitrogens with zero attached hydrogens (tertiary/aromatic N) is 2. The third-order valence-corrected chi connectivity index (χ3v) is 5.82. The van der Waals surface area contributed by atoms with E-state index in [1.165, 1.54) is 12.8 Å². The Labute approximate surface area is 166 Å². The van der Waals surface area contributed by atoms with Crippen LogP contribution >= 0.6 is 0 Å². The molecule has 0 radical (unpaired) electrons. The largest absolute Gasteiger partial charge is 0.476 e. The first-order valence-corrected chi connectivity index (χ1v) is 10.4. The zero-order chi connectivity index (χ0) is 20.1. The van der Waals surface area contributed by atoms with Gasteiger partial charge in [0.1, 0.15) is 18.1 Å². The van der Waals surface area contributed by atoms with Crippen molar-refractivity contribution in [2.75, 3.05) is 37.9 Å². The van der Waals surface area contributed by atoms with E-state index in [2.05, 4.69) is 29.0 Å². The van der Waals surface area contributed by atoms with E-state index in [0.29, 0.717) is 37.2 Å². The molecular formula is C21H32FN3O3. The Balaban J connectivity index is 1.71. The average molecular weight is 394 g/mol. The van der Waals surface area contributed by atoms with E-state index in [1.54, 1.807) is 6.07 Å². The number of carbonyl (C=O) groups is 1. The monoisotopic (exact) mass is 393 g/mol. The number of anilines is 1. The summed E-state index contributed by atoms with van der Waals surface area (Å²) in [4.78, 5) is 19.4. The standard InChI is InChI=1S/C21H32FN3O3/c1-4-21(3,5-2)24-19(26)17-8-9-18(20(23-17)28-14-15-6-7-15)25-12-16(13-25)27-11-10-22/h8-9,15-16H,4-7,10-14H2,1-3H3,(H,24,26). The maximum atomic E-state index is 12.7. The highest BCUT2D eigenvalue weighted by Gasteiger charge is 2.32. The molecule has 0 bridgehead atoms. The number of aromatic nitrogens is 1. The second kappa shape index (κ2) is 9.07. The second-order valence-corrected chi connectivity index (χ2v) is 8.08. The number of nitrogens with one attached hydrogen (secondary N) is 1. The Morgan fingerprint density at radius 2 is 2.04 bits per heavy atom. The first kappa shape index (κ1) is 20.8. The number of pyridine rings is 1. The molecule has 0 aromatic carbocycles. The van der Waals surface area contributed by atoms with Crippen molar-refractivity contribution in [3.05, 3.63) is 17.8 Å². The van der Waals surface area contributed by atoms with Gasteiger partial charge in [-0.05, 0) is 50.7 Å². The van der Waals surface area contributed by atoms with Gasteiger partial charge in [-0.2, -0.15) is 0 Å². The SMILES string of the molecule is CCC(C)(CC)NC(=O)c1ccc(N2CC(OCCF)C2)c(OCC2CC2)n1. The van der Waals surface area contributed by atoms with Crippen molar-refractivity contribution in [2.45, 2.75) is 58.1 Å². The predicted molar refractivity (Wildman–Crippen MR) is 107 cm³/mol. The first-order valence-electron chi connectivity index (χ1n) is 10.4. The van der Waals surface area contributed by atoms with Gasteiger partial charge in [0.15, 0.2) is 0 Å². The van der Waals surface area contributed by atoms with Crippen LogP contribution in [0, 0.1) is 5.92 Å². The molecule has 0 spiro atoms. The van der Waals surface area contributed by atoms with Crippen LogP contribution in [0.4, 0.5) is 10.1 Å². The molecule has 0 atom stereocenters. The van der Waals surface area contributed by atoms with E-state index in [0.717, 1.165) is 18.5 Å². The second-order valence-electron chi connectivity index (χ2n) is 8.08. The van der Waals surface area contributed by atoms with E-state index in [1.807, 2.05) is 13.0 Å². The van der Waals surface area contributed by atoms with Crippen molar-refractivity contribution in [1.29, 1.82) is 0 Å². The van der Waals surface area contributed by atoms with Gasteiger partial charge in [0.05, 0.1) is 19.3 Å². The van der Waals surface area contributed by atoms with Crippen LogP contribution in [0.3, 0.4) is 0 Å². The normalized spacial score (nSPS) is 17.4. The van der Waals surface area contributed by atoms with Crippen molar-refractivity contribution in [3.63, 3.8) is 0 Å². The predicted octanol–water partition coefficient (Wildman–Crippen LogP) is 3.35. The van der Waals surface area contributed by atoms with Gasteiger partial charge < -0.3 is 19.7 Å². The highest BCUT2D eigenvalue weighted by atomic mass is 19.1. The van der Waals surface area contributed by atoms with Gasteiger partial charge in [-0.25, -0.2) is 9.37 Å². The summed E-state index contributed by atoms with van der Waals surface area (Å²) in [5.74, 6) is 0.910. The highest BCUT2D eigenvalue weighted by Crippen LogP contribution is 2.34. The van der Waals surface area contributed by atoms with Crippen molar-refractivity contribution < 1.29 is 18.7 Å². The van der Waals surface area contributed by atoms with Crippen LogP contribution in [-0.2, 0) is 4.74 Å². The Morgan fingerprint density at radius 3 is 2.64 bits per heavy atom. The van der Waals surface area contributed by atoms with Crippen molar-refractivity contribution in [2.24, 2.45) is 5.92 Å². The van der Waals surface area contributed by atoms with Crippen molar-refractivity contribution in [3.8, 4) is 5.88 Å². The molecule has 1 aliphatic carbocycles. The highest BCUT2D eigenvalue weighted by molar-refractivity contribution is 5.93. The van der Waals surface area contributed by atoms with Gasteiger partial charge in [0, 0.05) is 18.6 Å². The quantitative estimate of drug-likeness (QED) is 0.625. The van der Waals surface area contributed by atoms with Crippen LogP contribution in [0.25, 0.3) is 0 Å². The fourth-order valence-corrected chi connectivity index (χ4v) is 3.10. The lowest BCUT2D eigenvalue weighted by Gasteiger charge is -2.40. The zero-order valence-electron chi connectivity index (χ0n) is 17.2. The van der Waals surface area contributed by atoms with Gasteiger partial charge in [-0.3, -0.25) is 4.79 Å². The molecule has 2 heterocycles. The molecule has 1 N–H and O–H groups in total. The fourth-order valence-electron chi connectivity index (χ4n) is 3.10. The number of hydrogen-bond acceptors (Lipinski definition) is 5. The molecule has 1 saturated carbocycles. The third-order valence-electron chi connectivity index (χ3n) is 5.82. The van der Waals surface area contributed by atoms with Gasteiger partial charge >= 0.3 is 0 Å². The lowest BCUT2D eigenvalue weighted by atomic mass is 9.95. The summed E-state index contributed by atoms with van der Waals surface area (Å²) in [6, 6.07) is 3.64. The average Bonchev–Trinajstić information content (AvgIpc) is 3.50. The number of halogens is 1. The summed E-state index contributed by atoms with van der Waals surface area (Å²) in [5.41, 5.74) is 0.991. The Hall–Kier alpha value is -1.89. The molecule has 1 saturated heterocycles. The van der Waals surface area contributed by atoms with Crippen LogP contribution in [0.2, 0.25) is 0 Å². The van der Waals surface area contributed by atoms with E-state index < -0.39 is 6.67 Å². The van der Waals surface area contributed by atoms with Crippen LogP contribution in [0.1, 0.15) is 56.9 Å². The van der Waals surface area contributed by atoms with E-state index in [-0.39, 0.29) is 24.2 Å². The van der Waals surface area contributed by atoms with E-state index in [9.17, 15) is 9.18 Å². The minimum atomic E-state index is -0.466. The summed E-state index contributed by atoms with van der Waals surface area (Å²) in [7, 11) is 0. The lowest BCUT2D eigenvalue weighted by molar-refractivity contribution is 0.0265. The number of hydrogen-bond donors (Lipinski definition) is 1. The van der Waals surface area contributed by atoms with Crippen LogP contribution in [-0.4, -0.2) is 55.5 Å². The summed E-state index contributed by atoms with van der Waals surface area (Å²) >= 11 is 0. The Kier molecular flexibility index (Phi) is 6.75. The number of amides is 1. The van der Waals surface area contributed by atoms with E-state index in [4.69, 9.17) is 9.47 Å². The van der Waals surface area contributed by atoms with Crippen LogP contribution in [0.5, 0.6) is 5.88 Å². The molecule has 1 aromatic heterocycles. The Morgan fingerprint density at radius 1 is 1.32 bits per heavy atom. The molecule has 2 fully saturated rings. The Bertz CT molecular complexity index is 671. The van der Waals surface area contributed by atoms with Crippen molar-refractivity contribution >= 4 is 11.6 Å². The number of rotatable bonds is 11. The van der Waals surface area contributed by atoms with Crippen LogP contribution < -0.4 is 15.0 Å². The number of carbonyl (C=O) groups excluding carboxylic acids is 1. The van der Waals surface area contributed by atoms with Crippen molar-refractivity contribution in [1.82, 2.24) is 10.3 Å². The van der Waals surface area contributed by atoms with Crippen LogP contribution in [0.15, 0.2) is 12.1 Å². The molecule has 1 amide bonds. The minimum absolute atomic E-state index is 0.0322. The summed E-state index contributed by atoms with van der Waals surface area (Å²) in [6.45, 7) is 7.82. The molecule has 1 aliphatic heterocycles. The number of ether oxygens (including phenoxy) is 2. The molecule has 156 valence electrons. The summed E-state index contributed by atoms with van der Waals surface area (Å²) in [6.07, 6.45) is 4.11. The third kappa shape index (κ3) is 5.13. The maximum Gasteiger partial charge on any atom is 0.270 e. The minimum Gasteiger partial charge on any atom is -0.476 e. The van der Waals surface area contributed by atoms with Gasteiger partial charge in [-0.15, -0.1) is 0 Å². The molecular weight excluding hydrogens is 361 g/mol. The van der Waals surface area contributed by atoms with E-state index >= 15 is 0 Å². The molecule has 28 heavy (non-hydrogen) atoms. The molecule has 0 unspecified atom stereocenters.